The van der Waals surface area contributed by atoms with E-state index in [-0.39, 0.29) is 19.7 Å². The maximum absolute atomic E-state index is 13.3. The van der Waals surface area contributed by atoms with E-state index in [1.54, 1.807) is 6.92 Å². The highest BCUT2D eigenvalue weighted by Crippen LogP contribution is 2.19. The standard InChI is InChI=1S/C12H15F2NO3/c1-2-18-11(17)7-15-6-10(16)12-8(13)4-3-5-9(12)14/h3-5,10,15-16H,2,6-7H2,1H3. The van der Waals surface area contributed by atoms with E-state index in [0.29, 0.717) is 0 Å². The van der Waals surface area contributed by atoms with Gasteiger partial charge >= 0.3 is 5.97 Å². The average molecular weight is 259 g/mol. The molecule has 1 rings (SSSR count). The molecule has 0 aromatic heterocycles. The second-order valence-corrected chi connectivity index (χ2v) is 3.59. The number of halogens is 2. The number of aliphatic hydroxyl groups excluding tert-OH is 1. The number of carbonyl (C=O) groups excluding carboxylic acids is 1. The van der Waals surface area contributed by atoms with Crippen LogP contribution in [-0.4, -0.2) is 30.8 Å². The minimum Gasteiger partial charge on any atom is -0.465 e. The predicted octanol–water partition coefficient (Wildman–Crippen LogP) is 1.15. The van der Waals surface area contributed by atoms with Crippen molar-refractivity contribution < 1.29 is 23.4 Å². The summed E-state index contributed by atoms with van der Waals surface area (Å²) in [6.07, 6.45) is -1.36. The van der Waals surface area contributed by atoms with Crippen molar-refractivity contribution in [2.45, 2.75) is 13.0 Å². The third-order valence-corrected chi connectivity index (χ3v) is 2.25. The first-order chi connectivity index (χ1) is 8.56. The van der Waals surface area contributed by atoms with Gasteiger partial charge in [0.05, 0.1) is 24.8 Å². The van der Waals surface area contributed by atoms with Crippen molar-refractivity contribution in [3.8, 4) is 0 Å². The smallest absolute Gasteiger partial charge is 0.319 e. The molecule has 1 atom stereocenters. The zero-order valence-corrected chi connectivity index (χ0v) is 9.95. The molecule has 0 saturated heterocycles. The summed E-state index contributed by atoms with van der Waals surface area (Å²) in [6.45, 7) is 1.66. The van der Waals surface area contributed by atoms with Gasteiger partial charge in [-0.3, -0.25) is 4.79 Å². The Hall–Kier alpha value is -1.53. The number of aliphatic hydroxyl groups is 1. The zero-order chi connectivity index (χ0) is 13.5. The van der Waals surface area contributed by atoms with Crippen LogP contribution < -0.4 is 5.32 Å². The van der Waals surface area contributed by atoms with Crippen LogP contribution in [0.1, 0.15) is 18.6 Å². The summed E-state index contributed by atoms with van der Waals surface area (Å²) >= 11 is 0. The van der Waals surface area contributed by atoms with Gasteiger partial charge in [-0.25, -0.2) is 8.78 Å². The van der Waals surface area contributed by atoms with Crippen LogP contribution in [0, 0.1) is 11.6 Å². The summed E-state index contributed by atoms with van der Waals surface area (Å²) in [5, 5.41) is 12.2. The lowest BCUT2D eigenvalue weighted by atomic mass is 10.1. The largest absolute Gasteiger partial charge is 0.465 e. The van der Waals surface area contributed by atoms with Gasteiger partial charge in [0.15, 0.2) is 0 Å². The molecule has 0 fully saturated rings. The Morgan fingerprint density at radius 3 is 2.61 bits per heavy atom. The van der Waals surface area contributed by atoms with Crippen LogP contribution >= 0.6 is 0 Å². The number of rotatable bonds is 6. The first-order valence-corrected chi connectivity index (χ1v) is 5.54. The van der Waals surface area contributed by atoms with Crippen molar-refractivity contribution >= 4 is 5.97 Å². The highest BCUT2D eigenvalue weighted by Gasteiger charge is 2.17. The van der Waals surface area contributed by atoms with Crippen molar-refractivity contribution in [2.75, 3.05) is 19.7 Å². The van der Waals surface area contributed by atoms with Gasteiger partial charge in [0.1, 0.15) is 11.6 Å². The van der Waals surface area contributed by atoms with Crippen LogP contribution in [0.3, 0.4) is 0 Å². The molecule has 100 valence electrons. The maximum atomic E-state index is 13.3. The van der Waals surface area contributed by atoms with E-state index in [0.717, 1.165) is 12.1 Å². The first-order valence-electron chi connectivity index (χ1n) is 5.54. The topological polar surface area (TPSA) is 58.6 Å². The van der Waals surface area contributed by atoms with Crippen LogP contribution in [-0.2, 0) is 9.53 Å². The number of esters is 1. The molecule has 0 spiro atoms. The second-order valence-electron chi connectivity index (χ2n) is 3.59. The summed E-state index contributed by atoms with van der Waals surface area (Å²) in [7, 11) is 0. The van der Waals surface area contributed by atoms with Crippen molar-refractivity contribution in [3.05, 3.63) is 35.4 Å². The van der Waals surface area contributed by atoms with Gasteiger partial charge in [-0.05, 0) is 19.1 Å². The third-order valence-electron chi connectivity index (χ3n) is 2.25. The predicted molar refractivity (Wildman–Crippen MR) is 60.8 cm³/mol. The summed E-state index contributed by atoms with van der Waals surface area (Å²) in [4.78, 5) is 11.0. The van der Waals surface area contributed by atoms with E-state index >= 15 is 0 Å². The Kier molecular flexibility index (Phi) is 5.67. The van der Waals surface area contributed by atoms with E-state index in [2.05, 4.69) is 10.1 Å². The molecule has 0 bridgehead atoms. The second kappa shape index (κ2) is 7.03. The Morgan fingerprint density at radius 2 is 2.06 bits per heavy atom. The van der Waals surface area contributed by atoms with Crippen LogP contribution in [0.15, 0.2) is 18.2 Å². The van der Waals surface area contributed by atoms with Crippen molar-refractivity contribution in [1.82, 2.24) is 5.32 Å². The fraction of sp³-hybridized carbons (Fsp3) is 0.417. The van der Waals surface area contributed by atoms with E-state index in [9.17, 15) is 18.7 Å². The van der Waals surface area contributed by atoms with Crippen molar-refractivity contribution in [2.24, 2.45) is 0 Å². The van der Waals surface area contributed by atoms with Gasteiger partial charge in [-0.15, -0.1) is 0 Å². The van der Waals surface area contributed by atoms with Gasteiger partial charge in [0.25, 0.3) is 0 Å². The summed E-state index contributed by atoms with van der Waals surface area (Å²) < 4.78 is 31.2. The highest BCUT2D eigenvalue weighted by molar-refractivity contribution is 5.71. The van der Waals surface area contributed by atoms with E-state index in [1.165, 1.54) is 6.07 Å². The molecule has 0 saturated carbocycles. The molecule has 0 aliphatic carbocycles. The Balaban J connectivity index is 2.50. The van der Waals surface area contributed by atoms with Crippen LogP contribution in [0.2, 0.25) is 0 Å². The lowest BCUT2D eigenvalue weighted by Gasteiger charge is -2.13. The normalized spacial score (nSPS) is 12.2. The van der Waals surface area contributed by atoms with Gasteiger partial charge in [0.2, 0.25) is 0 Å². The van der Waals surface area contributed by atoms with Gasteiger partial charge in [-0.1, -0.05) is 6.07 Å². The lowest BCUT2D eigenvalue weighted by Crippen LogP contribution is -2.29. The van der Waals surface area contributed by atoms with Crippen molar-refractivity contribution in [3.63, 3.8) is 0 Å². The van der Waals surface area contributed by atoms with Crippen LogP contribution in [0.25, 0.3) is 0 Å². The summed E-state index contributed by atoms with van der Waals surface area (Å²) in [5.74, 6) is -2.13. The minimum absolute atomic E-state index is 0.124. The fourth-order valence-corrected chi connectivity index (χ4v) is 1.45. The Morgan fingerprint density at radius 1 is 1.44 bits per heavy atom. The molecule has 1 aromatic carbocycles. The molecule has 0 radical (unpaired) electrons. The lowest BCUT2D eigenvalue weighted by molar-refractivity contribution is -0.142. The SMILES string of the molecule is CCOC(=O)CNCC(O)c1c(F)cccc1F. The fourth-order valence-electron chi connectivity index (χ4n) is 1.45. The molecule has 18 heavy (non-hydrogen) atoms. The molecule has 1 aromatic rings. The Labute approximate surface area is 104 Å². The molecule has 0 heterocycles. The number of hydrogen-bond acceptors (Lipinski definition) is 4. The van der Waals surface area contributed by atoms with Gasteiger partial charge in [0, 0.05) is 6.54 Å². The summed E-state index contributed by atoms with van der Waals surface area (Å²) in [6, 6.07) is 3.34. The van der Waals surface area contributed by atoms with E-state index < -0.39 is 29.3 Å². The molecule has 0 amide bonds. The zero-order valence-electron chi connectivity index (χ0n) is 9.95. The number of benzene rings is 1. The first kappa shape index (κ1) is 14.5. The van der Waals surface area contributed by atoms with E-state index in [4.69, 9.17) is 0 Å². The highest BCUT2D eigenvalue weighted by atomic mass is 19.1. The number of nitrogens with one attached hydrogen (secondary N) is 1. The molecule has 0 aliphatic heterocycles. The number of carbonyl (C=O) groups is 1. The molecule has 2 N–H and O–H groups in total. The number of hydrogen-bond donors (Lipinski definition) is 2. The monoisotopic (exact) mass is 259 g/mol. The quantitative estimate of drug-likeness (QED) is 0.752. The van der Waals surface area contributed by atoms with Crippen molar-refractivity contribution in [1.29, 1.82) is 0 Å². The van der Waals surface area contributed by atoms with Gasteiger partial charge in [-0.2, -0.15) is 0 Å². The Bertz CT molecular complexity index is 392. The van der Waals surface area contributed by atoms with E-state index in [1.807, 2.05) is 0 Å². The summed E-state index contributed by atoms with van der Waals surface area (Å²) in [5.41, 5.74) is -0.408. The maximum Gasteiger partial charge on any atom is 0.319 e. The van der Waals surface area contributed by atoms with Crippen LogP contribution in [0.5, 0.6) is 0 Å². The van der Waals surface area contributed by atoms with Crippen LogP contribution in [0.4, 0.5) is 8.78 Å². The number of ether oxygens (including phenoxy) is 1. The molecular formula is C12H15F2NO3. The molecule has 0 aliphatic rings. The molecule has 6 heteroatoms. The molecule has 1 unspecified atom stereocenters. The molecular weight excluding hydrogens is 244 g/mol. The molecule has 4 nitrogen and oxygen atoms in total. The average Bonchev–Trinajstić information content (AvgIpc) is 2.29. The van der Waals surface area contributed by atoms with Gasteiger partial charge < -0.3 is 15.2 Å². The minimum atomic E-state index is -1.36. The third kappa shape index (κ3) is 4.05.